The van der Waals surface area contributed by atoms with Crippen LogP contribution in [0.3, 0.4) is 0 Å². The number of aliphatic hydroxyl groups is 5. The molecule has 0 saturated heterocycles. The molecule has 11 heteroatoms. The Bertz CT molecular complexity index is 1090. The predicted molar refractivity (Wildman–Crippen MR) is 118 cm³/mol. The SMILES string of the molecule is CN(C[C@H](O)[C@@H](O)[C@H](O)[C@H](O)CO)C(=O)c1ccc2nc(-c3cc(Cl)cc(Cl)c3)oc2c1. The van der Waals surface area contributed by atoms with E-state index in [9.17, 15) is 25.2 Å². The third-order valence-electron chi connectivity index (χ3n) is 4.88. The molecule has 0 unspecified atom stereocenters. The van der Waals surface area contributed by atoms with Crippen LogP contribution in [0.1, 0.15) is 10.4 Å². The number of benzene rings is 2. The van der Waals surface area contributed by atoms with Crippen LogP contribution in [0.15, 0.2) is 40.8 Å². The highest BCUT2D eigenvalue weighted by Crippen LogP contribution is 2.29. The molecule has 0 aliphatic carbocycles. The van der Waals surface area contributed by atoms with Gasteiger partial charge in [0.25, 0.3) is 5.91 Å². The van der Waals surface area contributed by atoms with Gasteiger partial charge >= 0.3 is 0 Å². The highest BCUT2D eigenvalue weighted by molar-refractivity contribution is 6.35. The first-order valence-corrected chi connectivity index (χ1v) is 10.3. The summed E-state index contributed by atoms with van der Waals surface area (Å²) in [6.45, 7) is -1.13. The Morgan fingerprint density at radius 2 is 1.66 bits per heavy atom. The lowest BCUT2D eigenvalue weighted by Crippen LogP contribution is -2.49. The number of rotatable bonds is 8. The molecule has 0 saturated carbocycles. The minimum absolute atomic E-state index is 0.240. The van der Waals surface area contributed by atoms with Gasteiger partial charge in [0.2, 0.25) is 5.89 Å². The molecule has 1 amide bonds. The van der Waals surface area contributed by atoms with Crippen molar-refractivity contribution in [1.82, 2.24) is 9.88 Å². The number of nitrogens with zero attached hydrogens (tertiary/aromatic N) is 2. The van der Waals surface area contributed by atoms with E-state index >= 15 is 0 Å². The fourth-order valence-electron chi connectivity index (χ4n) is 3.11. The summed E-state index contributed by atoms with van der Waals surface area (Å²) in [6.07, 6.45) is -6.73. The standard InChI is InChI=1S/C21H22Cl2N2O7/c1-25(8-15(27)18(29)19(30)16(28)9-26)21(31)10-2-3-14-17(6-10)32-20(24-14)11-4-12(22)7-13(23)5-11/h2-7,15-16,18-19,26-30H,8-9H2,1H3/t15-,16+,18+,19+/m0/s1. The van der Waals surface area contributed by atoms with Gasteiger partial charge in [-0.2, -0.15) is 0 Å². The summed E-state index contributed by atoms with van der Waals surface area (Å²) < 4.78 is 5.75. The van der Waals surface area contributed by atoms with E-state index in [1.165, 1.54) is 19.2 Å². The zero-order valence-electron chi connectivity index (χ0n) is 16.9. The Kier molecular flexibility index (Phi) is 7.73. The fraction of sp³-hybridized carbons (Fsp3) is 0.333. The molecule has 5 N–H and O–H groups in total. The first-order valence-electron chi connectivity index (χ1n) is 9.56. The molecule has 172 valence electrons. The molecule has 32 heavy (non-hydrogen) atoms. The van der Waals surface area contributed by atoms with Gasteiger partial charge in [0, 0.05) is 34.8 Å². The van der Waals surface area contributed by atoms with Gasteiger partial charge in [0.05, 0.1) is 6.61 Å². The maximum Gasteiger partial charge on any atom is 0.253 e. The number of carbonyl (C=O) groups is 1. The van der Waals surface area contributed by atoms with Crippen molar-refractivity contribution in [2.24, 2.45) is 0 Å². The topological polar surface area (TPSA) is 147 Å². The third kappa shape index (κ3) is 5.38. The Morgan fingerprint density at radius 3 is 2.28 bits per heavy atom. The molecule has 1 aromatic heterocycles. The van der Waals surface area contributed by atoms with Crippen LogP contribution in [0.4, 0.5) is 0 Å². The summed E-state index contributed by atoms with van der Waals surface area (Å²) in [5, 5.41) is 48.8. The van der Waals surface area contributed by atoms with Crippen molar-refractivity contribution in [3.8, 4) is 11.5 Å². The number of fused-ring (bicyclic) bond motifs is 1. The van der Waals surface area contributed by atoms with E-state index in [1.807, 2.05) is 0 Å². The second kappa shape index (κ2) is 10.1. The zero-order chi connectivity index (χ0) is 23.6. The van der Waals surface area contributed by atoms with Gasteiger partial charge in [-0.1, -0.05) is 23.2 Å². The fourth-order valence-corrected chi connectivity index (χ4v) is 3.64. The van der Waals surface area contributed by atoms with Crippen LogP contribution in [0, 0.1) is 0 Å². The molecule has 0 aliphatic heterocycles. The van der Waals surface area contributed by atoms with Gasteiger partial charge in [-0.15, -0.1) is 0 Å². The van der Waals surface area contributed by atoms with Gasteiger partial charge in [-0.25, -0.2) is 4.98 Å². The number of aliphatic hydroxyl groups excluding tert-OH is 5. The van der Waals surface area contributed by atoms with Crippen molar-refractivity contribution in [2.45, 2.75) is 24.4 Å². The summed E-state index contributed by atoms with van der Waals surface area (Å²) in [6, 6.07) is 9.49. The molecule has 0 bridgehead atoms. The number of halogens is 2. The molecule has 1 heterocycles. The lowest BCUT2D eigenvalue weighted by atomic mass is 10.0. The normalized spacial score (nSPS) is 15.4. The van der Waals surface area contributed by atoms with Crippen molar-refractivity contribution in [3.63, 3.8) is 0 Å². The highest BCUT2D eigenvalue weighted by atomic mass is 35.5. The summed E-state index contributed by atoms with van der Waals surface area (Å²) >= 11 is 12.0. The minimum atomic E-state index is -1.78. The first-order chi connectivity index (χ1) is 15.1. The molecule has 3 aromatic rings. The molecule has 2 aromatic carbocycles. The average Bonchev–Trinajstić information content (AvgIpc) is 3.19. The number of aromatic nitrogens is 1. The van der Waals surface area contributed by atoms with Gasteiger partial charge in [0.15, 0.2) is 5.58 Å². The van der Waals surface area contributed by atoms with Crippen LogP contribution < -0.4 is 0 Å². The van der Waals surface area contributed by atoms with Crippen molar-refractivity contribution >= 4 is 40.2 Å². The van der Waals surface area contributed by atoms with Gasteiger partial charge in [-0.05, 0) is 36.4 Å². The van der Waals surface area contributed by atoms with Crippen molar-refractivity contribution < 1.29 is 34.7 Å². The van der Waals surface area contributed by atoms with Gasteiger partial charge in [-0.3, -0.25) is 4.79 Å². The number of hydrogen-bond donors (Lipinski definition) is 5. The lowest BCUT2D eigenvalue weighted by molar-refractivity contribution is -0.117. The molecule has 0 radical (unpaired) electrons. The van der Waals surface area contributed by atoms with E-state index < -0.39 is 36.9 Å². The molecular formula is C21H22Cl2N2O7. The lowest BCUT2D eigenvalue weighted by Gasteiger charge is -2.28. The summed E-state index contributed by atoms with van der Waals surface area (Å²) in [7, 11) is 1.40. The maximum absolute atomic E-state index is 12.8. The Hall–Kier alpha value is -2.24. The highest BCUT2D eigenvalue weighted by Gasteiger charge is 2.31. The molecule has 0 aliphatic rings. The molecule has 0 spiro atoms. The Morgan fingerprint density at radius 1 is 1.03 bits per heavy atom. The number of likely N-dealkylation sites (N-methyl/N-ethyl adjacent to an activating group) is 1. The average molecular weight is 485 g/mol. The molecule has 4 atom stereocenters. The second-order valence-corrected chi connectivity index (χ2v) is 8.22. The predicted octanol–water partition coefficient (Wildman–Crippen LogP) is 1.31. The van der Waals surface area contributed by atoms with Crippen LogP contribution in [-0.4, -0.2) is 85.9 Å². The van der Waals surface area contributed by atoms with Crippen LogP contribution in [-0.2, 0) is 0 Å². The largest absolute Gasteiger partial charge is 0.436 e. The van der Waals surface area contributed by atoms with Crippen molar-refractivity contribution in [2.75, 3.05) is 20.2 Å². The van der Waals surface area contributed by atoms with E-state index in [-0.39, 0.29) is 18.0 Å². The van der Waals surface area contributed by atoms with Crippen molar-refractivity contribution in [3.05, 3.63) is 52.0 Å². The van der Waals surface area contributed by atoms with E-state index in [2.05, 4.69) is 4.98 Å². The van der Waals surface area contributed by atoms with E-state index in [0.717, 1.165) is 4.90 Å². The number of oxazole rings is 1. The maximum atomic E-state index is 12.8. The van der Waals surface area contributed by atoms with Gasteiger partial charge < -0.3 is 34.8 Å². The summed E-state index contributed by atoms with van der Waals surface area (Å²) in [4.78, 5) is 18.3. The number of amides is 1. The van der Waals surface area contributed by atoms with E-state index in [4.69, 9.17) is 32.7 Å². The Labute approximate surface area is 193 Å². The van der Waals surface area contributed by atoms with Crippen LogP contribution in [0.25, 0.3) is 22.6 Å². The quantitative estimate of drug-likeness (QED) is 0.321. The minimum Gasteiger partial charge on any atom is -0.436 e. The second-order valence-electron chi connectivity index (χ2n) is 7.34. The zero-order valence-corrected chi connectivity index (χ0v) is 18.4. The van der Waals surface area contributed by atoms with Crippen molar-refractivity contribution in [1.29, 1.82) is 0 Å². The third-order valence-corrected chi connectivity index (χ3v) is 5.31. The monoisotopic (exact) mass is 484 g/mol. The summed E-state index contributed by atoms with van der Waals surface area (Å²) in [5.41, 5.74) is 1.66. The first kappa shape index (κ1) is 24.4. The van der Waals surface area contributed by atoms with Crippen LogP contribution in [0.5, 0.6) is 0 Å². The van der Waals surface area contributed by atoms with E-state index in [1.54, 1.807) is 24.3 Å². The molecular weight excluding hydrogens is 463 g/mol. The smallest absolute Gasteiger partial charge is 0.253 e. The summed E-state index contributed by atoms with van der Waals surface area (Å²) in [5.74, 6) is -0.212. The number of carbonyl (C=O) groups excluding carboxylic acids is 1. The molecule has 3 rings (SSSR count). The van der Waals surface area contributed by atoms with Crippen LogP contribution >= 0.6 is 23.2 Å². The number of hydrogen-bond acceptors (Lipinski definition) is 8. The Balaban J connectivity index is 1.76. The molecule has 9 nitrogen and oxygen atoms in total. The van der Waals surface area contributed by atoms with E-state index in [0.29, 0.717) is 26.7 Å². The van der Waals surface area contributed by atoms with Crippen LogP contribution in [0.2, 0.25) is 10.0 Å². The molecule has 0 fully saturated rings. The van der Waals surface area contributed by atoms with Gasteiger partial charge in [0.1, 0.15) is 29.9 Å².